The fourth-order valence-corrected chi connectivity index (χ4v) is 3.95. The van der Waals surface area contributed by atoms with Crippen LogP contribution in [0, 0.1) is 6.92 Å². The third-order valence-corrected chi connectivity index (χ3v) is 5.52. The van der Waals surface area contributed by atoms with E-state index in [4.69, 9.17) is 4.98 Å². The van der Waals surface area contributed by atoms with Crippen LogP contribution in [0.4, 0.5) is 0 Å². The molecule has 2 aromatic carbocycles. The van der Waals surface area contributed by atoms with Crippen molar-refractivity contribution in [1.29, 1.82) is 0 Å². The van der Waals surface area contributed by atoms with Crippen LogP contribution in [0.15, 0.2) is 72.8 Å². The predicted molar refractivity (Wildman–Crippen MR) is 112 cm³/mol. The molecule has 4 rings (SSSR count). The van der Waals surface area contributed by atoms with E-state index >= 15 is 0 Å². The summed E-state index contributed by atoms with van der Waals surface area (Å²) in [5, 5.41) is 3.94. The van der Waals surface area contributed by atoms with E-state index in [1.54, 1.807) is 11.3 Å². The number of nitrogens with zero attached hydrogens (tertiary/aromatic N) is 1. The van der Waals surface area contributed by atoms with Gasteiger partial charge in [0.2, 0.25) is 0 Å². The lowest BCUT2D eigenvalue weighted by Gasteiger charge is -2.10. The predicted octanol–water partition coefficient (Wildman–Crippen LogP) is 5.24. The van der Waals surface area contributed by atoms with Crippen molar-refractivity contribution in [3.63, 3.8) is 0 Å². The maximum absolute atomic E-state index is 12.9. The van der Waals surface area contributed by atoms with Gasteiger partial charge >= 0.3 is 0 Å². The molecule has 27 heavy (non-hydrogen) atoms. The fraction of sp³-hybridized carbons (Fsp3) is 0.130. The van der Waals surface area contributed by atoms with E-state index in [0.29, 0.717) is 12.1 Å². The average molecular weight is 372 g/mol. The monoisotopic (exact) mass is 372 g/mol. The molecule has 4 heteroatoms. The average Bonchev–Trinajstić information content (AvgIpc) is 3.14. The molecule has 0 saturated heterocycles. The first kappa shape index (κ1) is 17.4. The standard InChI is InChI=1S/C23H20N2OS/c1-16-11-12-22(27-16)21-15-19(18-9-5-6-10-20(18)25-21)23(26)24-14-13-17-7-3-2-4-8-17/h2-12,15H,13-14H2,1H3,(H,24,26). The number of fused-ring (bicyclic) bond motifs is 1. The summed E-state index contributed by atoms with van der Waals surface area (Å²) in [5.41, 5.74) is 3.58. The molecule has 0 aliphatic carbocycles. The van der Waals surface area contributed by atoms with Crippen LogP contribution in [0.1, 0.15) is 20.8 Å². The van der Waals surface area contributed by atoms with Gasteiger partial charge in [-0.15, -0.1) is 11.3 Å². The Morgan fingerprint density at radius 2 is 1.78 bits per heavy atom. The molecule has 1 N–H and O–H groups in total. The van der Waals surface area contributed by atoms with E-state index in [2.05, 4.69) is 36.5 Å². The molecule has 0 atom stereocenters. The van der Waals surface area contributed by atoms with Crippen LogP contribution in [0.2, 0.25) is 0 Å². The Morgan fingerprint density at radius 3 is 2.56 bits per heavy atom. The van der Waals surface area contributed by atoms with Gasteiger partial charge in [0.25, 0.3) is 5.91 Å². The molecule has 2 heterocycles. The second-order valence-corrected chi connectivity index (χ2v) is 7.76. The van der Waals surface area contributed by atoms with Crippen LogP contribution in [0.5, 0.6) is 0 Å². The highest BCUT2D eigenvalue weighted by Gasteiger charge is 2.14. The first-order valence-corrected chi connectivity index (χ1v) is 9.81. The number of aryl methyl sites for hydroxylation is 1. The van der Waals surface area contributed by atoms with Gasteiger partial charge in [0.15, 0.2) is 0 Å². The van der Waals surface area contributed by atoms with Gasteiger partial charge in [-0.05, 0) is 43.2 Å². The number of pyridine rings is 1. The molecular formula is C23H20N2OS. The van der Waals surface area contributed by atoms with Crippen molar-refractivity contribution >= 4 is 28.1 Å². The minimum absolute atomic E-state index is 0.0564. The van der Waals surface area contributed by atoms with Crippen LogP contribution in [-0.2, 0) is 6.42 Å². The molecule has 0 unspecified atom stereocenters. The third-order valence-electron chi connectivity index (χ3n) is 4.50. The second kappa shape index (κ2) is 7.72. The van der Waals surface area contributed by atoms with Crippen LogP contribution in [0.25, 0.3) is 21.5 Å². The zero-order valence-corrected chi connectivity index (χ0v) is 15.9. The van der Waals surface area contributed by atoms with Gasteiger partial charge in [-0.3, -0.25) is 4.79 Å². The quantitative estimate of drug-likeness (QED) is 0.520. The van der Waals surface area contributed by atoms with Crippen molar-refractivity contribution in [3.05, 3.63) is 88.8 Å². The number of hydrogen-bond acceptors (Lipinski definition) is 3. The Morgan fingerprint density at radius 1 is 1.00 bits per heavy atom. The number of aromatic nitrogens is 1. The first-order chi connectivity index (χ1) is 13.2. The van der Waals surface area contributed by atoms with Crippen molar-refractivity contribution in [2.24, 2.45) is 0 Å². The van der Waals surface area contributed by atoms with Crippen molar-refractivity contribution < 1.29 is 4.79 Å². The molecule has 0 bridgehead atoms. The highest BCUT2D eigenvalue weighted by atomic mass is 32.1. The van der Waals surface area contributed by atoms with Gasteiger partial charge in [-0.1, -0.05) is 48.5 Å². The van der Waals surface area contributed by atoms with Crippen molar-refractivity contribution in [2.45, 2.75) is 13.3 Å². The molecule has 4 aromatic rings. The molecule has 0 aliphatic rings. The van der Waals surface area contributed by atoms with E-state index in [1.165, 1.54) is 10.4 Å². The van der Waals surface area contributed by atoms with Crippen LogP contribution < -0.4 is 5.32 Å². The molecule has 0 aliphatic heterocycles. The summed E-state index contributed by atoms with van der Waals surface area (Å²) >= 11 is 1.69. The van der Waals surface area contributed by atoms with Gasteiger partial charge in [-0.25, -0.2) is 4.98 Å². The third kappa shape index (κ3) is 3.91. The topological polar surface area (TPSA) is 42.0 Å². The molecule has 2 aromatic heterocycles. The molecule has 134 valence electrons. The molecule has 0 radical (unpaired) electrons. The normalized spacial score (nSPS) is 10.9. The smallest absolute Gasteiger partial charge is 0.252 e. The zero-order chi connectivity index (χ0) is 18.6. The number of rotatable bonds is 5. The molecule has 1 amide bonds. The summed E-state index contributed by atoms with van der Waals surface area (Å²) in [6, 6.07) is 24.0. The van der Waals surface area contributed by atoms with Gasteiger partial charge < -0.3 is 5.32 Å². The number of thiophene rings is 1. The maximum Gasteiger partial charge on any atom is 0.252 e. The summed E-state index contributed by atoms with van der Waals surface area (Å²) in [6.45, 7) is 2.68. The van der Waals surface area contributed by atoms with Gasteiger partial charge in [0, 0.05) is 16.8 Å². The Balaban J connectivity index is 1.62. The number of benzene rings is 2. The van der Waals surface area contributed by atoms with Crippen molar-refractivity contribution in [1.82, 2.24) is 10.3 Å². The lowest BCUT2D eigenvalue weighted by atomic mass is 10.1. The Hall–Kier alpha value is -2.98. The lowest BCUT2D eigenvalue weighted by molar-refractivity contribution is 0.0956. The minimum Gasteiger partial charge on any atom is -0.352 e. The van der Waals surface area contributed by atoms with E-state index in [1.807, 2.05) is 48.5 Å². The second-order valence-electron chi connectivity index (χ2n) is 6.47. The van der Waals surface area contributed by atoms with Crippen molar-refractivity contribution in [2.75, 3.05) is 6.54 Å². The Labute approximate surface area is 162 Å². The number of nitrogens with one attached hydrogen (secondary N) is 1. The van der Waals surface area contributed by atoms with Crippen molar-refractivity contribution in [3.8, 4) is 10.6 Å². The van der Waals surface area contributed by atoms with Crippen LogP contribution in [-0.4, -0.2) is 17.4 Å². The molecule has 3 nitrogen and oxygen atoms in total. The van der Waals surface area contributed by atoms with Gasteiger partial charge in [0.1, 0.15) is 0 Å². The SMILES string of the molecule is Cc1ccc(-c2cc(C(=O)NCCc3ccccc3)c3ccccc3n2)s1. The summed E-state index contributed by atoms with van der Waals surface area (Å²) in [6.07, 6.45) is 0.812. The summed E-state index contributed by atoms with van der Waals surface area (Å²) in [4.78, 5) is 20.0. The van der Waals surface area contributed by atoms with E-state index in [0.717, 1.165) is 27.9 Å². The number of amides is 1. The first-order valence-electron chi connectivity index (χ1n) is 8.99. The van der Waals surface area contributed by atoms with Crippen LogP contribution in [0.3, 0.4) is 0 Å². The van der Waals surface area contributed by atoms with Gasteiger partial charge in [0.05, 0.1) is 21.7 Å². The summed E-state index contributed by atoms with van der Waals surface area (Å²) < 4.78 is 0. The number of para-hydroxylation sites is 1. The minimum atomic E-state index is -0.0564. The van der Waals surface area contributed by atoms with E-state index in [-0.39, 0.29) is 5.91 Å². The summed E-state index contributed by atoms with van der Waals surface area (Å²) in [5.74, 6) is -0.0564. The summed E-state index contributed by atoms with van der Waals surface area (Å²) in [7, 11) is 0. The van der Waals surface area contributed by atoms with Crippen LogP contribution >= 0.6 is 11.3 Å². The maximum atomic E-state index is 12.9. The zero-order valence-electron chi connectivity index (χ0n) is 15.1. The molecule has 0 spiro atoms. The highest BCUT2D eigenvalue weighted by molar-refractivity contribution is 7.15. The Kier molecular flexibility index (Phi) is 4.99. The number of carbonyl (C=O) groups excluding carboxylic acids is 1. The Bertz CT molecular complexity index is 1090. The molecule has 0 fully saturated rings. The largest absolute Gasteiger partial charge is 0.352 e. The highest BCUT2D eigenvalue weighted by Crippen LogP contribution is 2.29. The van der Waals surface area contributed by atoms with E-state index in [9.17, 15) is 4.79 Å². The lowest BCUT2D eigenvalue weighted by Crippen LogP contribution is -2.26. The molecular weight excluding hydrogens is 352 g/mol. The van der Waals surface area contributed by atoms with Gasteiger partial charge in [-0.2, -0.15) is 0 Å². The number of hydrogen-bond donors (Lipinski definition) is 1. The van der Waals surface area contributed by atoms with E-state index < -0.39 is 0 Å². The molecule has 0 saturated carbocycles. The number of carbonyl (C=O) groups is 1. The fourth-order valence-electron chi connectivity index (χ4n) is 3.12.